The molecule has 0 saturated heterocycles. The average Bonchev–Trinajstić information content (AvgIpc) is 2.54. The third kappa shape index (κ3) is 4.73. The van der Waals surface area contributed by atoms with Crippen molar-refractivity contribution in [1.82, 2.24) is 5.32 Å². The number of urea groups is 1. The summed E-state index contributed by atoms with van der Waals surface area (Å²) < 4.78 is 9.76. The summed E-state index contributed by atoms with van der Waals surface area (Å²) >= 11 is 0. The first kappa shape index (κ1) is 18.8. The van der Waals surface area contributed by atoms with Crippen molar-refractivity contribution in [2.45, 2.75) is 19.3 Å². The minimum absolute atomic E-state index is 0.272. The second kappa shape index (κ2) is 7.56. The molecule has 5 N–H and O–H groups in total. The Balaban J connectivity index is 2.14. The van der Waals surface area contributed by atoms with Gasteiger partial charge in [-0.1, -0.05) is 38.1 Å². The van der Waals surface area contributed by atoms with Crippen LogP contribution in [0.5, 0.6) is 11.5 Å². The van der Waals surface area contributed by atoms with Gasteiger partial charge in [-0.3, -0.25) is 0 Å². The number of nitrogens with one attached hydrogen (secondary N) is 1. The van der Waals surface area contributed by atoms with Crippen LogP contribution < -0.4 is 26.3 Å². The molecule has 0 aromatic heterocycles. The van der Waals surface area contributed by atoms with Crippen LogP contribution in [0.3, 0.4) is 0 Å². The summed E-state index contributed by atoms with van der Waals surface area (Å²) in [6.07, 6.45) is -1.82. The summed E-state index contributed by atoms with van der Waals surface area (Å²) in [7, 11) is 0. The zero-order valence-electron chi connectivity index (χ0n) is 14.3. The van der Waals surface area contributed by atoms with Crippen molar-refractivity contribution in [3.63, 3.8) is 0 Å². The third-order valence-electron chi connectivity index (χ3n) is 3.81. The van der Waals surface area contributed by atoms with E-state index in [4.69, 9.17) is 20.9 Å². The van der Waals surface area contributed by atoms with Crippen LogP contribution >= 0.6 is 0 Å². The number of hydrogen-bond donors (Lipinski definition) is 3. The highest BCUT2D eigenvalue weighted by molar-refractivity contribution is 5.90. The van der Waals surface area contributed by atoms with Crippen LogP contribution in [0.15, 0.2) is 48.5 Å². The van der Waals surface area contributed by atoms with E-state index >= 15 is 0 Å². The minimum Gasteiger partial charge on any atom is -0.411 e. The summed E-state index contributed by atoms with van der Waals surface area (Å²) in [5, 5.41) is 1.81. The van der Waals surface area contributed by atoms with Crippen molar-refractivity contribution >= 4 is 18.2 Å². The van der Waals surface area contributed by atoms with E-state index in [-0.39, 0.29) is 11.2 Å². The van der Waals surface area contributed by atoms with Crippen molar-refractivity contribution in [1.29, 1.82) is 0 Å². The SMILES string of the molecule is CC(C)(c1ccc(OC(N)=O)cc1)c1ccc(OC(=O)NC(N)=O)cc1. The number of amides is 4. The van der Waals surface area contributed by atoms with Crippen LogP contribution in [0.4, 0.5) is 14.4 Å². The van der Waals surface area contributed by atoms with E-state index < -0.39 is 18.2 Å². The quantitative estimate of drug-likeness (QED) is 0.773. The summed E-state index contributed by atoms with van der Waals surface area (Å²) in [5.41, 5.74) is 11.4. The Labute approximate surface area is 150 Å². The first-order chi connectivity index (χ1) is 12.2. The fourth-order valence-corrected chi connectivity index (χ4v) is 2.40. The number of benzene rings is 2. The lowest BCUT2D eigenvalue weighted by atomic mass is 9.78. The van der Waals surface area contributed by atoms with Crippen LogP contribution in [-0.2, 0) is 5.41 Å². The molecule has 0 spiro atoms. The molecule has 0 fully saturated rings. The van der Waals surface area contributed by atoms with E-state index in [1.807, 2.05) is 31.3 Å². The fourth-order valence-electron chi connectivity index (χ4n) is 2.40. The molecule has 0 aliphatic heterocycles. The number of carbonyl (C=O) groups is 3. The van der Waals surface area contributed by atoms with Crippen molar-refractivity contribution in [2.75, 3.05) is 0 Å². The van der Waals surface area contributed by atoms with Gasteiger partial charge in [0.2, 0.25) is 0 Å². The first-order valence-electron chi connectivity index (χ1n) is 7.65. The maximum absolute atomic E-state index is 11.4. The highest BCUT2D eigenvalue weighted by atomic mass is 16.6. The van der Waals surface area contributed by atoms with Gasteiger partial charge < -0.3 is 20.9 Å². The second-order valence-corrected chi connectivity index (χ2v) is 5.97. The molecule has 0 aliphatic rings. The van der Waals surface area contributed by atoms with E-state index in [2.05, 4.69) is 0 Å². The Bertz CT molecular complexity index is 814. The van der Waals surface area contributed by atoms with Crippen molar-refractivity contribution in [3.05, 3.63) is 59.7 Å². The summed E-state index contributed by atoms with van der Waals surface area (Å²) in [4.78, 5) is 32.7. The lowest BCUT2D eigenvalue weighted by molar-refractivity contribution is 0.198. The van der Waals surface area contributed by atoms with E-state index in [9.17, 15) is 14.4 Å². The van der Waals surface area contributed by atoms with Gasteiger partial charge in [0.15, 0.2) is 0 Å². The molecule has 0 unspecified atom stereocenters. The van der Waals surface area contributed by atoms with Gasteiger partial charge in [0, 0.05) is 5.41 Å². The standard InChI is InChI=1S/C18H19N3O5/c1-18(2,11-3-7-13(8-4-11)25-16(20)23)12-5-9-14(10-6-12)26-17(24)21-15(19)22/h3-10H,1-2H3,(H2,20,23)(H3,19,21,22,24). The van der Waals surface area contributed by atoms with Crippen molar-refractivity contribution in [3.8, 4) is 11.5 Å². The largest absolute Gasteiger partial charge is 0.420 e. The maximum atomic E-state index is 11.4. The van der Waals surface area contributed by atoms with Gasteiger partial charge in [-0.15, -0.1) is 0 Å². The molecule has 0 bridgehead atoms. The third-order valence-corrected chi connectivity index (χ3v) is 3.81. The first-order valence-corrected chi connectivity index (χ1v) is 7.65. The van der Waals surface area contributed by atoms with Crippen molar-refractivity contribution < 1.29 is 23.9 Å². The Morgan fingerprint density at radius 3 is 1.62 bits per heavy atom. The van der Waals surface area contributed by atoms with Crippen molar-refractivity contribution in [2.24, 2.45) is 11.5 Å². The predicted octanol–water partition coefficient (Wildman–Crippen LogP) is 2.64. The lowest BCUT2D eigenvalue weighted by Crippen LogP contribution is -2.36. The molecule has 2 aromatic carbocycles. The Kier molecular flexibility index (Phi) is 5.46. The predicted molar refractivity (Wildman–Crippen MR) is 94.0 cm³/mol. The van der Waals surface area contributed by atoms with Gasteiger partial charge in [-0.05, 0) is 35.4 Å². The normalized spacial score (nSPS) is 10.7. The highest BCUT2D eigenvalue weighted by Gasteiger charge is 2.23. The molecule has 8 heteroatoms. The van der Waals surface area contributed by atoms with Gasteiger partial charge in [0.05, 0.1) is 0 Å². The fraction of sp³-hybridized carbons (Fsp3) is 0.167. The summed E-state index contributed by atoms with van der Waals surface area (Å²) in [5.74, 6) is 0.634. The van der Waals surface area contributed by atoms with Gasteiger partial charge in [-0.2, -0.15) is 0 Å². The maximum Gasteiger partial charge on any atom is 0.420 e. The minimum atomic E-state index is -0.989. The molecule has 26 heavy (non-hydrogen) atoms. The molecule has 0 atom stereocenters. The zero-order valence-corrected chi connectivity index (χ0v) is 14.3. The number of carbonyl (C=O) groups excluding carboxylic acids is 3. The zero-order chi connectivity index (χ0) is 19.3. The van der Waals surface area contributed by atoms with E-state index in [0.29, 0.717) is 5.75 Å². The van der Waals surface area contributed by atoms with E-state index in [1.54, 1.807) is 36.4 Å². The Hall–Kier alpha value is -3.55. The Morgan fingerprint density at radius 1 is 0.808 bits per heavy atom. The molecule has 2 aromatic rings. The molecule has 136 valence electrons. The average molecular weight is 357 g/mol. The molecule has 8 nitrogen and oxygen atoms in total. The molecule has 0 heterocycles. The summed E-state index contributed by atoms with van der Waals surface area (Å²) in [6.45, 7) is 4.04. The van der Waals surface area contributed by atoms with Crippen LogP contribution in [0.25, 0.3) is 0 Å². The number of primary amides is 2. The topological polar surface area (TPSA) is 134 Å². The number of rotatable bonds is 4. The molecule has 0 aliphatic carbocycles. The van der Waals surface area contributed by atoms with Crippen LogP contribution in [0, 0.1) is 0 Å². The number of ether oxygens (including phenoxy) is 2. The number of hydrogen-bond acceptors (Lipinski definition) is 5. The van der Waals surface area contributed by atoms with Gasteiger partial charge >= 0.3 is 18.2 Å². The summed E-state index contributed by atoms with van der Waals surface area (Å²) in [6, 6.07) is 12.8. The monoisotopic (exact) mass is 357 g/mol. The molecular formula is C18H19N3O5. The lowest BCUT2D eigenvalue weighted by Gasteiger charge is -2.26. The number of nitrogens with two attached hydrogens (primary N) is 2. The number of imide groups is 1. The van der Waals surface area contributed by atoms with Gasteiger partial charge in [-0.25, -0.2) is 19.7 Å². The molecule has 0 saturated carbocycles. The van der Waals surface area contributed by atoms with Crippen LogP contribution in [0.1, 0.15) is 25.0 Å². The molecular weight excluding hydrogens is 338 g/mol. The van der Waals surface area contributed by atoms with E-state index in [0.717, 1.165) is 11.1 Å². The van der Waals surface area contributed by atoms with Crippen LogP contribution in [-0.4, -0.2) is 18.2 Å². The van der Waals surface area contributed by atoms with Gasteiger partial charge in [0.1, 0.15) is 11.5 Å². The Morgan fingerprint density at radius 2 is 1.23 bits per heavy atom. The van der Waals surface area contributed by atoms with Gasteiger partial charge in [0.25, 0.3) is 0 Å². The molecule has 2 rings (SSSR count). The molecule has 4 amide bonds. The van der Waals surface area contributed by atoms with E-state index in [1.165, 1.54) is 0 Å². The smallest absolute Gasteiger partial charge is 0.411 e. The highest BCUT2D eigenvalue weighted by Crippen LogP contribution is 2.33. The second-order valence-electron chi connectivity index (χ2n) is 5.97. The van der Waals surface area contributed by atoms with Crippen LogP contribution in [0.2, 0.25) is 0 Å². The molecule has 0 radical (unpaired) electrons.